The molecule has 0 saturated carbocycles. The Morgan fingerprint density at radius 3 is 2.57 bits per heavy atom. The second-order valence-corrected chi connectivity index (χ2v) is 5.62. The molecule has 0 fully saturated rings. The normalized spacial score (nSPS) is 12.2. The second kappa shape index (κ2) is 9.24. The van der Waals surface area contributed by atoms with E-state index in [-0.39, 0.29) is 29.6 Å². The van der Waals surface area contributed by atoms with Gasteiger partial charge >= 0.3 is 0 Å². The number of guanidine groups is 1. The van der Waals surface area contributed by atoms with Gasteiger partial charge in [-0.1, -0.05) is 19.0 Å². The molecule has 0 amide bonds. The van der Waals surface area contributed by atoms with E-state index in [1.54, 1.807) is 14.2 Å². The van der Waals surface area contributed by atoms with Crippen LogP contribution in [0.3, 0.4) is 0 Å². The van der Waals surface area contributed by atoms with E-state index in [9.17, 15) is 0 Å². The minimum atomic E-state index is -0.241. The number of nitrogens with zero attached hydrogens (tertiary/aromatic N) is 2. The van der Waals surface area contributed by atoms with Gasteiger partial charge in [0.1, 0.15) is 0 Å². The van der Waals surface area contributed by atoms with E-state index in [1.807, 2.05) is 19.9 Å². The van der Waals surface area contributed by atoms with E-state index in [0.29, 0.717) is 25.0 Å². The minimum absolute atomic E-state index is 0. The molecule has 0 unspecified atom stereocenters. The number of methoxy groups -OCH3 is 1. The molecule has 0 atom stereocenters. The molecule has 0 saturated heterocycles. The van der Waals surface area contributed by atoms with Gasteiger partial charge < -0.3 is 19.9 Å². The number of halogens is 1. The number of nitrogens with one attached hydrogen (secondary N) is 2. The molecule has 0 aliphatic rings. The summed E-state index contributed by atoms with van der Waals surface area (Å²) in [5.74, 6) is 1.87. The Kier molecular flexibility index (Phi) is 8.88. The third-order valence-electron chi connectivity index (χ3n) is 3.06. The van der Waals surface area contributed by atoms with Crippen LogP contribution in [0.15, 0.2) is 15.6 Å². The predicted molar refractivity (Wildman–Crippen MR) is 95.3 cm³/mol. The van der Waals surface area contributed by atoms with Crippen LogP contribution in [0, 0.1) is 0 Å². The largest absolute Gasteiger partial charge is 0.377 e. The lowest BCUT2D eigenvalue weighted by Gasteiger charge is -2.24. The van der Waals surface area contributed by atoms with Crippen molar-refractivity contribution in [2.75, 3.05) is 20.7 Å². The molecule has 1 heterocycles. The molecule has 0 radical (unpaired) electrons. The quantitative estimate of drug-likeness (QED) is 0.429. The van der Waals surface area contributed by atoms with Crippen molar-refractivity contribution >= 4 is 29.9 Å². The van der Waals surface area contributed by atoms with Crippen LogP contribution in [0.25, 0.3) is 0 Å². The van der Waals surface area contributed by atoms with E-state index >= 15 is 0 Å². The summed E-state index contributed by atoms with van der Waals surface area (Å²) in [6.45, 7) is 9.41. The molecule has 0 aliphatic heterocycles. The number of ether oxygens (including phenoxy) is 1. The molecule has 1 aromatic rings. The van der Waals surface area contributed by atoms with Gasteiger partial charge in [0, 0.05) is 26.8 Å². The lowest BCUT2D eigenvalue weighted by molar-refractivity contribution is 0.0268. The van der Waals surface area contributed by atoms with Gasteiger partial charge in [0.05, 0.1) is 17.8 Å². The van der Waals surface area contributed by atoms with Crippen molar-refractivity contribution in [3.05, 3.63) is 17.5 Å². The Hall–Kier alpha value is -0.830. The van der Waals surface area contributed by atoms with Crippen LogP contribution < -0.4 is 10.6 Å². The molecule has 0 aromatic carbocycles. The molecule has 0 bridgehead atoms. The fourth-order valence-electron chi connectivity index (χ4n) is 1.44. The van der Waals surface area contributed by atoms with Crippen molar-refractivity contribution in [3.8, 4) is 0 Å². The maximum absolute atomic E-state index is 5.35. The van der Waals surface area contributed by atoms with Crippen molar-refractivity contribution in [2.45, 2.75) is 45.8 Å². The van der Waals surface area contributed by atoms with Gasteiger partial charge in [0.2, 0.25) is 0 Å². The summed E-state index contributed by atoms with van der Waals surface area (Å²) in [6.07, 6.45) is 0. The minimum Gasteiger partial charge on any atom is -0.377 e. The Labute approximate surface area is 144 Å². The van der Waals surface area contributed by atoms with Crippen LogP contribution in [0.2, 0.25) is 0 Å². The van der Waals surface area contributed by atoms with E-state index in [0.717, 1.165) is 11.5 Å². The number of hydrogen-bond acceptors (Lipinski definition) is 4. The summed E-state index contributed by atoms with van der Waals surface area (Å²) in [4.78, 5) is 4.16. The molecule has 2 N–H and O–H groups in total. The lowest BCUT2D eigenvalue weighted by Crippen LogP contribution is -2.45. The Morgan fingerprint density at radius 2 is 2.10 bits per heavy atom. The molecule has 1 aromatic heterocycles. The van der Waals surface area contributed by atoms with Crippen LogP contribution in [0.1, 0.15) is 45.1 Å². The molecular weight excluding hydrogens is 383 g/mol. The maximum atomic E-state index is 5.35. The van der Waals surface area contributed by atoms with E-state index in [2.05, 4.69) is 34.6 Å². The van der Waals surface area contributed by atoms with E-state index in [4.69, 9.17) is 9.26 Å². The maximum Gasteiger partial charge on any atom is 0.191 e. The van der Waals surface area contributed by atoms with Crippen LogP contribution in [-0.2, 0) is 11.3 Å². The Bertz CT molecular complexity index is 444. The second-order valence-electron chi connectivity index (χ2n) is 5.62. The molecule has 122 valence electrons. The highest BCUT2D eigenvalue weighted by molar-refractivity contribution is 14.0. The summed E-state index contributed by atoms with van der Waals surface area (Å²) < 4.78 is 10.6. The molecule has 0 spiro atoms. The van der Waals surface area contributed by atoms with Crippen molar-refractivity contribution in [2.24, 2.45) is 4.99 Å². The highest BCUT2D eigenvalue weighted by atomic mass is 127. The van der Waals surface area contributed by atoms with Gasteiger partial charge in [-0.25, -0.2) is 0 Å². The van der Waals surface area contributed by atoms with Crippen molar-refractivity contribution in [1.82, 2.24) is 15.8 Å². The smallest absolute Gasteiger partial charge is 0.191 e. The SMILES string of the molecule is CN=C(NCc1cc(C(C)C)no1)NCC(C)(C)OC.I. The molecule has 21 heavy (non-hydrogen) atoms. The first-order valence-electron chi connectivity index (χ1n) is 6.83. The van der Waals surface area contributed by atoms with Crippen LogP contribution >= 0.6 is 24.0 Å². The highest BCUT2D eigenvalue weighted by Crippen LogP contribution is 2.13. The molecule has 6 nitrogen and oxygen atoms in total. The summed E-state index contributed by atoms with van der Waals surface area (Å²) >= 11 is 0. The summed E-state index contributed by atoms with van der Waals surface area (Å²) in [6, 6.07) is 1.96. The zero-order valence-corrected chi connectivity index (χ0v) is 16.0. The van der Waals surface area contributed by atoms with Gasteiger partial charge in [-0.15, -0.1) is 24.0 Å². The van der Waals surface area contributed by atoms with E-state index in [1.165, 1.54) is 0 Å². The molecule has 7 heteroatoms. The number of aromatic nitrogens is 1. The molecule has 1 rings (SSSR count). The van der Waals surface area contributed by atoms with Crippen molar-refractivity contribution in [1.29, 1.82) is 0 Å². The standard InChI is InChI=1S/C14H26N4O2.HI/c1-10(2)12-7-11(20-18-12)8-16-13(15-5)17-9-14(3,4)19-6;/h7,10H,8-9H2,1-6H3,(H2,15,16,17);1H. The number of hydrogen-bond donors (Lipinski definition) is 2. The Balaban J connectivity index is 0.00000400. The van der Waals surface area contributed by atoms with Crippen LogP contribution in [0.4, 0.5) is 0 Å². The summed E-state index contributed by atoms with van der Waals surface area (Å²) in [7, 11) is 3.43. The van der Waals surface area contributed by atoms with Gasteiger partial charge in [0.15, 0.2) is 11.7 Å². The fraction of sp³-hybridized carbons (Fsp3) is 0.714. The third kappa shape index (κ3) is 7.12. The Morgan fingerprint density at radius 1 is 1.43 bits per heavy atom. The fourth-order valence-corrected chi connectivity index (χ4v) is 1.44. The number of aliphatic imine (C=N–C) groups is 1. The van der Waals surface area contributed by atoms with Crippen molar-refractivity contribution < 1.29 is 9.26 Å². The average molecular weight is 410 g/mol. The van der Waals surface area contributed by atoms with Gasteiger partial charge in [0.25, 0.3) is 0 Å². The van der Waals surface area contributed by atoms with Crippen molar-refractivity contribution in [3.63, 3.8) is 0 Å². The first-order chi connectivity index (χ1) is 9.38. The topological polar surface area (TPSA) is 71.7 Å². The zero-order valence-electron chi connectivity index (χ0n) is 13.7. The van der Waals surface area contributed by atoms with Crippen LogP contribution in [0.5, 0.6) is 0 Å². The first-order valence-corrected chi connectivity index (χ1v) is 6.83. The average Bonchev–Trinajstić information content (AvgIpc) is 2.88. The zero-order chi connectivity index (χ0) is 15.2. The monoisotopic (exact) mass is 410 g/mol. The summed E-state index contributed by atoms with van der Waals surface area (Å²) in [5, 5.41) is 10.4. The highest BCUT2D eigenvalue weighted by Gasteiger charge is 2.16. The van der Waals surface area contributed by atoms with Gasteiger partial charge in [-0.3, -0.25) is 4.99 Å². The third-order valence-corrected chi connectivity index (χ3v) is 3.06. The molecule has 0 aliphatic carbocycles. The number of rotatable bonds is 6. The lowest BCUT2D eigenvalue weighted by atomic mass is 10.1. The van der Waals surface area contributed by atoms with E-state index < -0.39 is 0 Å². The van der Waals surface area contributed by atoms with Gasteiger partial charge in [-0.2, -0.15) is 0 Å². The summed E-state index contributed by atoms with van der Waals surface area (Å²) in [5.41, 5.74) is 0.722. The molecular formula is C14H27IN4O2. The predicted octanol–water partition coefficient (Wildman–Crippen LogP) is 2.51. The van der Waals surface area contributed by atoms with Gasteiger partial charge in [-0.05, 0) is 19.8 Å². The first kappa shape index (κ1) is 20.2. The van der Waals surface area contributed by atoms with Crippen LogP contribution in [-0.4, -0.2) is 37.4 Å².